The van der Waals surface area contributed by atoms with Crippen molar-refractivity contribution in [3.8, 4) is 28.4 Å². The van der Waals surface area contributed by atoms with Crippen LogP contribution in [-0.2, 0) is 74.5 Å². The van der Waals surface area contributed by atoms with Gasteiger partial charge in [0.25, 0.3) is 0 Å². The van der Waals surface area contributed by atoms with Gasteiger partial charge in [-0.25, -0.2) is 32.3 Å². The van der Waals surface area contributed by atoms with Crippen LogP contribution >= 0.6 is 0 Å². The molecule has 3 atom stereocenters. The van der Waals surface area contributed by atoms with Gasteiger partial charge in [-0.15, -0.1) is 0 Å². The van der Waals surface area contributed by atoms with Gasteiger partial charge in [-0.3, -0.25) is 4.79 Å². The minimum Gasteiger partial charge on any atom is -0.489 e. The summed E-state index contributed by atoms with van der Waals surface area (Å²) < 4.78 is 107. The van der Waals surface area contributed by atoms with E-state index in [-0.39, 0.29) is 63.7 Å². The van der Waals surface area contributed by atoms with Crippen molar-refractivity contribution in [1.82, 2.24) is 21.3 Å². The molecule has 0 saturated heterocycles. The van der Waals surface area contributed by atoms with Crippen molar-refractivity contribution in [2.45, 2.75) is 76.8 Å². The van der Waals surface area contributed by atoms with E-state index in [2.05, 4.69) is 21.3 Å². The van der Waals surface area contributed by atoms with Crippen molar-refractivity contribution in [1.29, 1.82) is 0 Å². The number of ether oxygens (including phenoxy) is 6. The van der Waals surface area contributed by atoms with Gasteiger partial charge in [0.2, 0.25) is 40.7 Å². The maximum absolute atomic E-state index is 15.1. The van der Waals surface area contributed by atoms with E-state index < -0.39 is 89.4 Å². The van der Waals surface area contributed by atoms with Crippen molar-refractivity contribution in [3.05, 3.63) is 256 Å². The van der Waals surface area contributed by atoms with Crippen LogP contribution in [0.1, 0.15) is 51.8 Å². The zero-order valence-electron chi connectivity index (χ0n) is 47.1. The number of hydrogen-bond acceptors (Lipinski definition) is 12. The molecule has 0 fully saturated rings. The number of carbonyl (C=O) groups is 5. The first-order chi connectivity index (χ1) is 42.2. The number of nitrogens with one attached hydrogen (secondary N) is 4. The van der Waals surface area contributed by atoms with Gasteiger partial charge in [-0.2, -0.15) is 8.78 Å². The highest BCUT2D eigenvalue weighted by atomic mass is 19.2. The van der Waals surface area contributed by atoms with Crippen LogP contribution in [0.5, 0.6) is 17.2 Å². The highest BCUT2D eigenvalue weighted by Gasteiger charge is 2.33. The Morgan fingerprint density at radius 1 is 0.437 bits per heavy atom. The van der Waals surface area contributed by atoms with Crippen LogP contribution in [0.3, 0.4) is 0 Å². The van der Waals surface area contributed by atoms with Gasteiger partial charge < -0.3 is 49.7 Å². The third-order valence-electron chi connectivity index (χ3n) is 13.5. The Bertz CT molecular complexity index is 3570. The van der Waals surface area contributed by atoms with Crippen LogP contribution in [-0.4, -0.2) is 61.8 Å². The molecule has 15 nitrogen and oxygen atoms in total. The Balaban J connectivity index is 1.12. The number of hydrogen-bond donors (Lipinski definition) is 4. The van der Waals surface area contributed by atoms with Gasteiger partial charge in [0.15, 0.2) is 0 Å². The number of amides is 3. The van der Waals surface area contributed by atoms with Crippen molar-refractivity contribution < 1.29 is 74.3 Å². The molecule has 4 N–H and O–H groups in total. The molecule has 20 heteroatoms. The molecule has 0 bridgehead atoms. The summed E-state index contributed by atoms with van der Waals surface area (Å²) in [6, 6.07) is 50.7. The van der Waals surface area contributed by atoms with Crippen LogP contribution < -0.4 is 35.5 Å². The molecule has 87 heavy (non-hydrogen) atoms. The van der Waals surface area contributed by atoms with Gasteiger partial charge in [0, 0.05) is 19.4 Å². The fraction of sp³-hybridized carbons (Fsp3) is 0.209. The maximum atomic E-state index is 15.1. The van der Waals surface area contributed by atoms with Crippen LogP contribution in [0.25, 0.3) is 11.1 Å². The molecule has 0 radical (unpaired) electrons. The molecule has 0 aliphatic rings. The summed E-state index contributed by atoms with van der Waals surface area (Å²) in [6.45, 7) is -0.0681. The molecule has 0 aliphatic heterocycles. The lowest BCUT2D eigenvalue weighted by Gasteiger charge is -2.23. The number of benzene rings is 8. The topological polar surface area (TPSA) is 189 Å². The van der Waals surface area contributed by atoms with E-state index in [4.69, 9.17) is 28.4 Å². The van der Waals surface area contributed by atoms with E-state index in [9.17, 15) is 37.1 Å². The van der Waals surface area contributed by atoms with E-state index in [1.54, 1.807) is 128 Å². The number of rotatable bonds is 28. The SMILES string of the molecule is CN[C@@H](CCCNC(=O)OCc1ccccc1)C(=O)N[C@@H](Cc1cc(OCc2ccccc2)cc(-c2ccc(OCc3ccccc3)c(C[C@H](NC(=O)OCc3ccccc3)C(=O)Oc3c(F)c(F)c(F)c(F)c3F)c2)c1)C(=O)OCc1ccccc1. The van der Waals surface area contributed by atoms with E-state index >= 15 is 8.78 Å². The van der Waals surface area contributed by atoms with Gasteiger partial charge >= 0.3 is 24.1 Å². The molecule has 8 aromatic rings. The molecule has 0 heterocycles. The second-order valence-corrected chi connectivity index (χ2v) is 19.9. The molecule has 0 saturated carbocycles. The summed E-state index contributed by atoms with van der Waals surface area (Å²) >= 11 is 0. The predicted molar refractivity (Wildman–Crippen MR) is 311 cm³/mol. The summed E-state index contributed by atoms with van der Waals surface area (Å²) in [5.74, 6) is -16.5. The second-order valence-electron chi connectivity index (χ2n) is 19.9. The number of halogens is 5. The quantitative estimate of drug-likeness (QED) is 0.00692. The summed E-state index contributed by atoms with van der Waals surface area (Å²) in [6.07, 6.45) is -1.98. The first kappa shape index (κ1) is 63.0. The van der Waals surface area contributed by atoms with Gasteiger partial charge in [0.1, 0.15) is 56.6 Å². The van der Waals surface area contributed by atoms with Crippen molar-refractivity contribution >= 4 is 30.0 Å². The van der Waals surface area contributed by atoms with Gasteiger partial charge in [-0.05, 0) is 94.2 Å². The van der Waals surface area contributed by atoms with Crippen LogP contribution in [0, 0.1) is 29.1 Å². The van der Waals surface area contributed by atoms with Crippen molar-refractivity contribution in [3.63, 3.8) is 0 Å². The molecule has 8 aromatic carbocycles. The standard InChI is InChI=1S/C67H61F5N4O11/c1-73-53(28-17-31-74-66(80)85-41-46-24-13-5-14-25-46)63(77)75-54(64(78)84-40-45-22-11-4-12-23-45)34-48-32-50(36-52(33-48)82-38-43-18-7-2-8-19-43)49-29-30-56(83-39-44-20-9-3-10-21-44)51(35-49)37-55(76-67(81)86-42-47-26-15-6-16-27-47)65(79)87-62-60(71)58(69)57(68)59(70)61(62)72/h2-16,18-27,29-30,32-33,35-36,53-55,73H,17,28,31,34,37-42H2,1H3,(H,74,80)(H,75,77)(H,76,81)/t53-,54-,55-/m0/s1. The zero-order chi connectivity index (χ0) is 61.5. The minimum absolute atomic E-state index is 0.0189. The summed E-state index contributed by atoms with van der Waals surface area (Å²) in [7, 11) is 1.59. The lowest BCUT2D eigenvalue weighted by Crippen LogP contribution is -2.50. The Morgan fingerprint density at radius 2 is 0.920 bits per heavy atom. The van der Waals surface area contributed by atoms with Crippen LogP contribution in [0.2, 0.25) is 0 Å². The van der Waals surface area contributed by atoms with Crippen molar-refractivity contribution in [2.75, 3.05) is 13.6 Å². The summed E-state index contributed by atoms with van der Waals surface area (Å²) in [5, 5.41) is 10.9. The molecular formula is C67H61F5N4O11. The molecular weight excluding hydrogens is 1130 g/mol. The smallest absolute Gasteiger partial charge is 0.408 e. The molecule has 0 aliphatic carbocycles. The molecule has 450 valence electrons. The Hall–Kier alpha value is -10.1. The van der Waals surface area contributed by atoms with Crippen molar-refractivity contribution in [2.24, 2.45) is 0 Å². The van der Waals surface area contributed by atoms with E-state index in [1.165, 1.54) is 0 Å². The second kappa shape index (κ2) is 31.7. The molecule has 3 amide bonds. The van der Waals surface area contributed by atoms with E-state index in [1.807, 2.05) is 66.7 Å². The Kier molecular flexibility index (Phi) is 22.9. The van der Waals surface area contributed by atoms with Gasteiger partial charge in [-0.1, -0.05) is 164 Å². The third-order valence-corrected chi connectivity index (χ3v) is 13.5. The number of likely N-dealkylation sites (N-methyl/N-ethyl adjacent to an activating group) is 1. The van der Waals surface area contributed by atoms with E-state index in [0.717, 1.165) is 16.7 Å². The normalized spacial score (nSPS) is 11.9. The minimum atomic E-state index is -2.48. The van der Waals surface area contributed by atoms with Gasteiger partial charge in [0.05, 0.1) is 6.04 Å². The highest BCUT2D eigenvalue weighted by Crippen LogP contribution is 2.34. The molecule has 8 rings (SSSR count). The lowest BCUT2D eigenvalue weighted by atomic mass is 9.95. The molecule has 0 aromatic heterocycles. The Morgan fingerprint density at radius 3 is 1.46 bits per heavy atom. The number of carbonyl (C=O) groups excluding carboxylic acids is 5. The summed E-state index contributed by atoms with van der Waals surface area (Å²) in [4.78, 5) is 68.5. The van der Waals surface area contributed by atoms with Crippen LogP contribution in [0.4, 0.5) is 31.5 Å². The molecule has 0 unspecified atom stereocenters. The predicted octanol–water partition coefficient (Wildman–Crippen LogP) is 11.7. The zero-order valence-corrected chi connectivity index (χ0v) is 47.1. The average molecular weight is 1190 g/mol. The highest BCUT2D eigenvalue weighted by molar-refractivity contribution is 5.88. The average Bonchev–Trinajstić information content (AvgIpc) is 3.47. The van der Waals surface area contributed by atoms with Crippen LogP contribution in [0.15, 0.2) is 188 Å². The first-order valence-electron chi connectivity index (χ1n) is 27.6. The number of alkyl carbamates (subject to hydrolysis) is 2. The lowest BCUT2D eigenvalue weighted by molar-refractivity contribution is -0.149. The molecule has 0 spiro atoms. The largest absolute Gasteiger partial charge is 0.489 e. The van der Waals surface area contributed by atoms with E-state index in [0.29, 0.717) is 40.0 Å². The maximum Gasteiger partial charge on any atom is 0.408 e. The first-order valence-corrected chi connectivity index (χ1v) is 27.6. The third kappa shape index (κ3) is 18.7. The monoisotopic (exact) mass is 1190 g/mol. The number of esters is 2. The fourth-order valence-corrected chi connectivity index (χ4v) is 8.94. The fourth-order valence-electron chi connectivity index (χ4n) is 8.94. The summed E-state index contributed by atoms with van der Waals surface area (Å²) in [5.41, 5.74) is 5.10. The Labute approximate surface area is 498 Å².